The van der Waals surface area contributed by atoms with Crippen LogP contribution in [0.3, 0.4) is 0 Å². The molecule has 2 aromatic rings. The fourth-order valence-corrected chi connectivity index (χ4v) is 3.84. The molecule has 3 heterocycles. The quantitative estimate of drug-likeness (QED) is 0.847. The molecule has 128 valence electrons. The van der Waals surface area contributed by atoms with Gasteiger partial charge >= 0.3 is 6.03 Å². The maximum atomic E-state index is 12.1. The van der Waals surface area contributed by atoms with Crippen molar-refractivity contribution in [3.63, 3.8) is 0 Å². The molecule has 1 aliphatic heterocycles. The van der Waals surface area contributed by atoms with Crippen molar-refractivity contribution in [2.24, 2.45) is 0 Å². The number of thiophene rings is 1. The van der Waals surface area contributed by atoms with E-state index in [1.807, 2.05) is 19.1 Å². The summed E-state index contributed by atoms with van der Waals surface area (Å²) in [5.74, 6) is 0. The molecular weight excluding hydrogens is 320 g/mol. The Labute approximate surface area is 147 Å². The number of carbonyl (C=O) groups is 1. The van der Waals surface area contributed by atoms with E-state index in [9.17, 15) is 4.79 Å². The van der Waals surface area contributed by atoms with Crippen LogP contribution >= 0.6 is 11.3 Å². The molecule has 0 unspecified atom stereocenters. The summed E-state index contributed by atoms with van der Waals surface area (Å²) in [7, 11) is 0. The third-order valence-electron chi connectivity index (χ3n) is 4.33. The molecule has 1 fully saturated rings. The number of nitrogens with one attached hydrogen (secondary N) is 2. The summed E-state index contributed by atoms with van der Waals surface area (Å²) in [5.41, 5.74) is 1.98. The van der Waals surface area contributed by atoms with Crippen LogP contribution < -0.4 is 10.6 Å². The first-order valence-corrected chi connectivity index (χ1v) is 9.31. The summed E-state index contributed by atoms with van der Waals surface area (Å²) in [6.07, 6.45) is 4.29. The third kappa shape index (κ3) is 4.55. The Morgan fingerprint density at radius 3 is 2.79 bits per heavy atom. The predicted octanol–water partition coefficient (Wildman–Crippen LogP) is 3.09. The van der Waals surface area contributed by atoms with Gasteiger partial charge in [0.05, 0.1) is 6.04 Å². The smallest absolute Gasteiger partial charge is 0.315 e. The highest BCUT2D eigenvalue weighted by molar-refractivity contribution is 7.10. The molecule has 2 N–H and O–H groups in total. The number of likely N-dealkylation sites (tertiary alicyclic amines) is 1. The molecule has 0 aliphatic carbocycles. The number of hydrogen-bond acceptors (Lipinski definition) is 4. The van der Waals surface area contributed by atoms with Gasteiger partial charge in [0.2, 0.25) is 0 Å². The van der Waals surface area contributed by atoms with E-state index in [0.717, 1.165) is 24.3 Å². The average molecular weight is 344 g/mol. The molecule has 2 aromatic heterocycles. The lowest BCUT2D eigenvalue weighted by Gasteiger charge is -2.26. The van der Waals surface area contributed by atoms with Gasteiger partial charge in [0, 0.05) is 29.9 Å². The molecule has 0 spiro atoms. The van der Waals surface area contributed by atoms with Gasteiger partial charge in [-0.1, -0.05) is 12.1 Å². The van der Waals surface area contributed by atoms with Gasteiger partial charge in [-0.15, -0.1) is 11.3 Å². The van der Waals surface area contributed by atoms with Crippen LogP contribution in [0.25, 0.3) is 0 Å². The number of nitrogens with zero attached hydrogens (tertiary/aromatic N) is 2. The second kappa shape index (κ2) is 8.26. The molecule has 1 saturated heterocycles. The summed E-state index contributed by atoms with van der Waals surface area (Å²) in [5, 5.41) is 8.03. The lowest BCUT2D eigenvalue weighted by molar-refractivity contribution is 0.222. The molecule has 0 saturated carbocycles. The van der Waals surface area contributed by atoms with Crippen molar-refractivity contribution in [1.29, 1.82) is 0 Å². The van der Waals surface area contributed by atoms with Gasteiger partial charge in [0.25, 0.3) is 0 Å². The van der Waals surface area contributed by atoms with Gasteiger partial charge in [0.1, 0.15) is 0 Å². The van der Waals surface area contributed by atoms with E-state index in [2.05, 4.69) is 38.0 Å². The number of amides is 2. The Morgan fingerprint density at radius 1 is 1.29 bits per heavy atom. The molecule has 0 aromatic carbocycles. The lowest BCUT2D eigenvalue weighted by Crippen LogP contribution is -2.41. The van der Waals surface area contributed by atoms with Gasteiger partial charge in [-0.3, -0.25) is 9.88 Å². The second-order valence-electron chi connectivity index (χ2n) is 6.15. The maximum absolute atomic E-state index is 12.1. The first-order valence-electron chi connectivity index (χ1n) is 8.43. The van der Waals surface area contributed by atoms with Crippen molar-refractivity contribution in [2.75, 3.05) is 19.6 Å². The Morgan fingerprint density at radius 2 is 2.12 bits per heavy atom. The summed E-state index contributed by atoms with van der Waals surface area (Å²) in [4.78, 5) is 20.1. The van der Waals surface area contributed by atoms with Crippen molar-refractivity contribution in [3.8, 4) is 0 Å². The van der Waals surface area contributed by atoms with Crippen LogP contribution in [0.2, 0.25) is 0 Å². The minimum atomic E-state index is -0.128. The van der Waals surface area contributed by atoms with E-state index in [1.54, 1.807) is 17.5 Å². The number of rotatable bonds is 6. The molecule has 5 nitrogen and oxygen atoms in total. The summed E-state index contributed by atoms with van der Waals surface area (Å²) >= 11 is 1.76. The second-order valence-corrected chi connectivity index (χ2v) is 7.12. The highest BCUT2D eigenvalue weighted by atomic mass is 32.1. The molecule has 3 rings (SSSR count). The summed E-state index contributed by atoms with van der Waals surface area (Å²) in [6.45, 7) is 5.31. The number of aromatic nitrogens is 1. The highest BCUT2D eigenvalue weighted by Gasteiger charge is 2.24. The average Bonchev–Trinajstić information content (AvgIpc) is 3.29. The van der Waals surface area contributed by atoms with Crippen LogP contribution in [0.5, 0.6) is 0 Å². The Bertz CT molecular complexity index is 636. The first-order chi connectivity index (χ1) is 11.7. The standard InChI is InChI=1S/C18H24N4OS/c1-14-6-7-15(11-19-14)12-20-18(23)21-13-16(17-5-4-10-24-17)22-8-2-3-9-22/h4-7,10-11,16H,2-3,8-9,12-13H2,1H3,(H2,20,21,23)/t16-/m0/s1. The van der Waals surface area contributed by atoms with Crippen LogP contribution in [0.4, 0.5) is 4.79 Å². The minimum absolute atomic E-state index is 0.128. The van der Waals surface area contributed by atoms with Crippen LogP contribution in [0.1, 0.15) is 35.0 Å². The topological polar surface area (TPSA) is 57.3 Å². The number of aryl methyl sites for hydroxylation is 1. The van der Waals surface area contributed by atoms with Crippen molar-refractivity contribution in [2.45, 2.75) is 32.4 Å². The maximum Gasteiger partial charge on any atom is 0.315 e. The van der Waals surface area contributed by atoms with Gasteiger partial charge in [0.15, 0.2) is 0 Å². The molecule has 1 atom stereocenters. The fraction of sp³-hybridized carbons (Fsp3) is 0.444. The van der Waals surface area contributed by atoms with E-state index in [-0.39, 0.29) is 12.1 Å². The Balaban J connectivity index is 1.50. The van der Waals surface area contributed by atoms with Gasteiger partial charge in [-0.05, 0) is 55.9 Å². The molecule has 1 aliphatic rings. The lowest BCUT2D eigenvalue weighted by atomic mass is 10.2. The third-order valence-corrected chi connectivity index (χ3v) is 5.31. The Kier molecular flexibility index (Phi) is 5.82. The van der Waals surface area contributed by atoms with Gasteiger partial charge < -0.3 is 10.6 Å². The summed E-state index contributed by atoms with van der Waals surface area (Å²) < 4.78 is 0. The van der Waals surface area contributed by atoms with Crippen LogP contribution in [-0.4, -0.2) is 35.5 Å². The normalized spacial score (nSPS) is 16.0. The van der Waals surface area contributed by atoms with E-state index in [0.29, 0.717) is 13.1 Å². The fourth-order valence-electron chi connectivity index (χ4n) is 2.98. The van der Waals surface area contributed by atoms with E-state index < -0.39 is 0 Å². The Hall–Kier alpha value is -1.92. The van der Waals surface area contributed by atoms with Crippen molar-refractivity contribution in [1.82, 2.24) is 20.5 Å². The monoisotopic (exact) mass is 344 g/mol. The molecular formula is C18H24N4OS. The van der Waals surface area contributed by atoms with Crippen LogP contribution in [0.15, 0.2) is 35.8 Å². The largest absolute Gasteiger partial charge is 0.336 e. The zero-order valence-corrected chi connectivity index (χ0v) is 14.8. The van der Waals surface area contributed by atoms with Gasteiger partial charge in [-0.25, -0.2) is 4.79 Å². The van der Waals surface area contributed by atoms with Crippen LogP contribution in [0, 0.1) is 6.92 Å². The van der Waals surface area contributed by atoms with Crippen molar-refractivity contribution >= 4 is 17.4 Å². The zero-order valence-electron chi connectivity index (χ0n) is 14.0. The van der Waals surface area contributed by atoms with Crippen molar-refractivity contribution in [3.05, 3.63) is 52.0 Å². The predicted molar refractivity (Wildman–Crippen MR) is 97.1 cm³/mol. The SMILES string of the molecule is Cc1ccc(CNC(=O)NC[C@@H](c2cccs2)N2CCCC2)cn1. The van der Waals surface area contributed by atoms with Gasteiger partial charge in [-0.2, -0.15) is 0 Å². The zero-order chi connectivity index (χ0) is 16.8. The molecule has 24 heavy (non-hydrogen) atoms. The molecule has 0 bridgehead atoms. The molecule has 2 amide bonds. The summed E-state index contributed by atoms with van der Waals surface area (Å²) in [6, 6.07) is 8.32. The number of pyridine rings is 1. The molecule has 6 heteroatoms. The highest BCUT2D eigenvalue weighted by Crippen LogP contribution is 2.27. The number of carbonyl (C=O) groups excluding carboxylic acids is 1. The van der Waals surface area contributed by atoms with E-state index in [4.69, 9.17) is 0 Å². The van der Waals surface area contributed by atoms with E-state index in [1.165, 1.54) is 17.7 Å². The number of urea groups is 1. The first kappa shape index (κ1) is 16.9. The minimum Gasteiger partial charge on any atom is -0.336 e. The van der Waals surface area contributed by atoms with E-state index >= 15 is 0 Å². The number of hydrogen-bond donors (Lipinski definition) is 2. The van der Waals surface area contributed by atoms with Crippen LogP contribution in [-0.2, 0) is 6.54 Å². The molecule has 0 radical (unpaired) electrons. The van der Waals surface area contributed by atoms with Crippen molar-refractivity contribution < 1.29 is 4.79 Å².